The molecule has 1 heterocycles. The monoisotopic (exact) mass is 338 g/mol. The maximum absolute atomic E-state index is 6.14. The predicted molar refractivity (Wildman–Crippen MR) is 100 cm³/mol. The van der Waals surface area contributed by atoms with Crippen LogP contribution in [0.2, 0.25) is 5.02 Å². The molecule has 0 atom stereocenters. The molecule has 0 aliphatic heterocycles. The highest BCUT2D eigenvalue weighted by Gasteiger charge is 2.02. The first kappa shape index (κ1) is 16.3. The fraction of sp³-hybridized carbons (Fsp3) is 0.158. The topological polar surface area (TPSA) is 49.8 Å². The minimum atomic E-state index is 0.541. The summed E-state index contributed by atoms with van der Waals surface area (Å²) in [4.78, 5) is 8.72. The number of benzene rings is 2. The number of rotatable bonds is 6. The molecule has 0 spiro atoms. The highest BCUT2D eigenvalue weighted by atomic mass is 35.5. The first-order chi connectivity index (χ1) is 11.7. The molecule has 24 heavy (non-hydrogen) atoms. The number of nitrogens with one attached hydrogen (secondary N) is 2. The van der Waals surface area contributed by atoms with Crippen LogP contribution in [-0.4, -0.2) is 16.5 Å². The summed E-state index contributed by atoms with van der Waals surface area (Å²) in [6.07, 6.45) is 2.68. The Balaban J connectivity index is 1.60. The lowest BCUT2D eigenvalue weighted by Gasteiger charge is -2.09. The Kier molecular flexibility index (Phi) is 5.29. The lowest BCUT2D eigenvalue weighted by atomic mass is 10.1. The van der Waals surface area contributed by atoms with Crippen molar-refractivity contribution in [3.63, 3.8) is 0 Å². The molecular formula is C19H19ClN4. The van der Waals surface area contributed by atoms with Crippen LogP contribution < -0.4 is 10.6 Å². The normalized spacial score (nSPS) is 10.4. The standard InChI is InChI=1S/C19H19ClN4/c1-14-7-8-16(13-17(14)20)23-19-22-12-10-18(24-19)21-11-9-15-5-3-2-4-6-15/h2-8,10,12-13H,9,11H2,1H3,(H2,21,22,23,24). The summed E-state index contributed by atoms with van der Waals surface area (Å²) in [5.74, 6) is 1.33. The summed E-state index contributed by atoms with van der Waals surface area (Å²) in [5.41, 5.74) is 3.21. The third-order valence-electron chi connectivity index (χ3n) is 3.65. The van der Waals surface area contributed by atoms with Crippen LogP contribution in [0, 0.1) is 6.92 Å². The van der Waals surface area contributed by atoms with Crippen molar-refractivity contribution >= 4 is 29.1 Å². The van der Waals surface area contributed by atoms with Gasteiger partial charge in [-0.15, -0.1) is 0 Å². The van der Waals surface area contributed by atoms with Crippen LogP contribution in [0.4, 0.5) is 17.5 Å². The van der Waals surface area contributed by atoms with Crippen LogP contribution in [0.25, 0.3) is 0 Å². The van der Waals surface area contributed by atoms with Gasteiger partial charge in [0.05, 0.1) is 0 Å². The number of aromatic nitrogens is 2. The van der Waals surface area contributed by atoms with E-state index in [1.54, 1.807) is 6.20 Å². The van der Waals surface area contributed by atoms with Crippen LogP contribution >= 0.6 is 11.6 Å². The van der Waals surface area contributed by atoms with Crippen molar-refractivity contribution in [3.8, 4) is 0 Å². The summed E-state index contributed by atoms with van der Waals surface area (Å²) < 4.78 is 0. The second-order valence-electron chi connectivity index (χ2n) is 5.52. The molecule has 1 aromatic heterocycles. The third kappa shape index (κ3) is 4.46. The molecule has 2 aromatic carbocycles. The van der Waals surface area contributed by atoms with Crippen molar-refractivity contribution < 1.29 is 0 Å². The molecule has 122 valence electrons. The molecule has 3 aromatic rings. The number of halogens is 1. The average Bonchev–Trinajstić information content (AvgIpc) is 2.60. The Hall–Kier alpha value is -2.59. The van der Waals surface area contributed by atoms with Crippen LogP contribution in [0.1, 0.15) is 11.1 Å². The molecule has 3 rings (SSSR count). The summed E-state index contributed by atoms with van der Waals surface area (Å²) in [5, 5.41) is 7.22. The van der Waals surface area contributed by atoms with E-state index in [0.717, 1.165) is 35.1 Å². The molecule has 0 radical (unpaired) electrons. The van der Waals surface area contributed by atoms with Crippen LogP contribution in [0.15, 0.2) is 60.8 Å². The van der Waals surface area contributed by atoms with E-state index in [2.05, 4.69) is 44.9 Å². The highest BCUT2D eigenvalue weighted by Crippen LogP contribution is 2.22. The molecule has 0 unspecified atom stereocenters. The van der Waals surface area contributed by atoms with Gasteiger partial charge in [-0.25, -0.2) is 4.98 Å². The van der Waals surface area contributed by atoms with E-state index in [1.165, 1.54) is 5.56 Å². The summed E-state index contributed by atoms with van der Waals surface area (Å²) in [6.45, 7) is 2.79. The van der Waals surface area contributed by atoms with Crippen molar-refractivity contribution in [3.05, 3.63) is 76.9 Å². The van der Waals surface area contributed by atoms with Gasteiger partial charge in [-0.05, 0) is 42.7 Å². The van der Waals surface area contributed by atoms with Gasteiger partial charge in [-0.3, -0.25) is 0 Å². The maximum atomic E-state index is 6.14. The third-order valence-corrected chi connectivity index (χ3v) is 4.05. The van der Waals surface area contributed by atoms with Crippen LogP contribution in [0.5, 0.6) is 0 Å². The SMILES string of the molecule is Cc1ccc(Nc2nccc(NCCc3ccccc3)n2)cc1Cl. The Labute approximate surface area is 146 Å². The van der Waals surface area contributed by atoms with E-state index in [4.69, 9.17) is 11.6 Å². The summed E-state index contributed by atoms with van der Waals surface area (Å²) in [7, 11) is 0. The minimum Gasteiger partial charge on any atom is -0.370 e. The number of hydrogen-bond donors (Lipinski definition) is 2. The smallest absolute Gasteiger partial charge is 0.229 e. The Morgan fingerprint density at radius 3 is 2.67 bits per heavy atom. The molecule has 5 heteroatoms. The van der Waals surface area contributed by atoms with E-state index < -0.39 is 0 Å². The lowest BCUT2D eigenvalue weighted by Crippen LogP contribution is -2.07. The largest absolute Gasteiger partial charge is 0.370 e. The molecular weight excluding hydrogens is 320 g/mol. The molecule has 0 bridgehead atoms. The second kappa shape index (κ2) is 7.79. The molecule has 0 amide bonds. The van der Waals surface area contributed by atoms with Gasteiger partial charge in [0.15, 0.2) is 0 Å². The van der Waals surface area contributed by atoms with E-state index in [1.807, 2.05) is 37.3 Å². The molecule has 0 fully saturated rings. The van der Waals surface area contributed by atoms with Gasteiger partial charge in [0.25, 0.3) is 0 Å². The Bertz CT molecular complexity index is 805. The molecule has 4 nitrogen and oxygen atoms in total. The zero-order valence-electron chi connectivity index (χ0n) is 13.5. The first-order valence-corrected chi connectivity index (χ1v) is 8.22. The molecule has 0 aliphatic carbocycles. The van der Waals surface area contributed by atoms with Gasteiger partial charge in [-0.1, -0.05) is 48.0 Å². The average molecular weight is 339 g/mol. The first-order valence-electron chi connectivity index (χ1n) is 7.85. The fourth-order valence-corrected chi connectivity index (χ4v) is 2.48. The zero-order valence-corrected chi connectivity index (χ0v) is 14.2. The van der Waals surface area contributed by atoms with Crippen molar-refractivity contribution in [1.29, 1.82) is 0 Å². The summed E-state index contributed by atoms with van der Waals surface area (Å²) in [6, 6.07) is 18.0. The van der Waals surface area contributed by atoms with E-state index in [0.29, 0.717) is 5.95 Å². The van der Waals surface area contributed by atoms with Gasteiger partial charge < -0.3 is 10.6 Å². The van der Waals surface area contributed by atoms with E-state index in [9.17, 15) is 0 Å². The number of hydrogen-bond acceptors (Lipinski definition) is 4. The van der Waals surface area contributed by atoms with Crippen molar-refractivity contribution in [1.82, 2.24) is 9.97 Å². The Morgan fingerprint density at radius 1 is 1.04 bits per heavy atom. The van der Waals surface area contributed by atoms with Gasteiger partial charge in [0.1, 0.15) is 5.82 Å². The van der Waals surface area contributed by atoms with Gasteiger partial charge in [0.2, 0.25) is 5.95 Å². The molecule has 2 N–H and O–H groups in total. The zero-order chi connectivity index (χ0) is 16.8. The lowest BCUT2D eigenvalue weighted by molar-refractivity contribution is 1.00. The Morgan fingerprint density at radius 2 is 1.88 bits per heavy atom. The highest BCUT2D eigenvalue weighted by molar-refractivity contribution is 6.31. The molecule has 0 saturated carbocycles. The van der Waals surface area contributed by atoms with Crippen LogP contribution in [0.3, 0.4) is 0 Å². The second-order valence-corrected chi connectivity index (χ2v) is 5.92. The maximum Gasteiger partial charge on any atom is 0.229 e. The summed E-state index contributed by atoms with van der Waals surface area (Å²) >= 11 is 6.14. The van der Waals surface area contributed by atoms with Gasteiger partial charge in [-0.2, -0.15) is 4.98 Å². The quantitative estimate of drug-likeness (QED) is 0.675. The predicted octanol–water partition coefficient (Wildman–Crippen LogP) is 4.84. The number of aryl methyl sites for hydroxylation is 1. The number of anilines is 3. The van der Waals surface area contributed by atoms with Gasteiger partial charge in [0, 0.05) is 23.5 Å². The van der Waals surface area contributed by atoms with Crippen molar-refractivity contribution in [2.24, 2.45) is 0 Å². The fourth-order valence-electron chi connectivity index (χ4n) is 2.30. The van der Waals surface area contributed by atoms with E-state index in [-0.39, 0.29) is 0 Å². The minimum absolute atomic E-state index is 0.541. The number of nitrogens with zero attached hydrogens (tertiary/aromatic N) is 2. The van der Waals surface area contributed by atoms with Gasteiger partial charge >= 0.3 is 0 Å². The molecule has 0 aliphatic rings. The van der Waals surface area contributed by atoms with Crippen molar-refractivity contribution in [2.75, 3.05) is 17.2 Å². The van der Waals surface area contributed by atoms with Crippen molar-refractivity contribution in [2.45, 2.75) is 13.3 Å². The van der Waals surface area contributed by atoms with Crippen LogP contribution in [-0.2, 0) is 6.42 Å². The molecule has 0 saturated heterocycles. The van der Waals surface area contributed by atoms with E-state index >= 15 is 0 Å².